The molecule has 0 bridgehead atoms. The van der Waals surface area contributed by atoms with E-state index in [-0.39, 0.29) is 6.09 Å². The van der Waals surface area contributed by atoms with Gasteiger partial charge < -0.3 is 14.9 Å². The largest absolute Gasteiger partial charge is 0.444 e. The van der Waals surface area contributed by atoms with Gasteiger partial charge in [-0.05, 0) is 33.6 Å². The number of amides is 1. The second-order valence-electron chi connectivity index (χ2n) is 4.01. The van der Waals surface area contributed by atoms with Crippen molar-refractivity contribution in [3.05, 3.63) is 0 Å². The molecule has 1 amide bonds. The lowest BCUT2D eigenvalue weighted by Crippen LogP contribution is -2.33. The van der Waals surface area contributed by atoms with Crippen LogP contribution in [0.25, 0.3) is 0 Å². The van der Waals surface area contributed by atoms with E-state index in [4.69, 9.17) is 10.6 Å². The quantitative estimate of drug-likeness (QED) is 0.521. The number of hydrogen-bond acceptors (Lipinski definition) is 4. The first kappa shape index (κ1) is 13.2. The topological polar surface area (TPSA) is 73.6 Å². The molecular weight excluding hydrogens is 184 g/mol. The van der Waals surface area contributed by atoms with Gasteiger partial charge >= 0.3 is 6.09 Å². The predicted molar refractivity (Wildman–Crippen MR) is 53.6 cm³/mol. The highest BCUT2D eigenvalue weighted by atomic mass is 16.6. The number of hydrogen-bond donors (Lipinski definition) is 2. The third-order valence-electron chi connectivity index (χ3n) is 1.36. The second-order valence-corrected chi connectivity index (χ2v) is 4.01. The number of carbonyl (C=O) groups is 1. The van der Waals surface area contributed by atoms with E-state index in [1.54, 1.807) is 0 Å². The van der Waals surface area contributed by atoms with Crippen molar-refractivity contribution in [3.63, 3.8) is 0 Å². The standard InChI is InChI=1S/C9H20N2O3/c1-9(2,3)14-8(12)11-6-4-5-7-13-10/h4-7,10H2,1-3H3,(H,11,12). The molecule has 5 nitrogen and oxygen atoms in total. The zero-order valence-corrected chi connectivity index (χ0v) is 9.13. The number of rotatable bonds is 5. The third-order valence-corrected chi connectivity index (χ3v) is 1.36. The normalized spacial score (nSPS) is 11.1. The van der Waals surface area contributed by atoms with Gasteiger partial charge in [-0.15, -0.1) is 0 Å². The molecular formula is C9H20N2O3. The van der Waals surface area contributed by atoms with Crippen LogP contribution in [0, 0.1) is 0 Å². The molecule has 14 heavy (non-hydrogen) atoms. The SMILES string of the molecule is CC(C)(C)OC(=O)NCCCCON. The Morgan fingerprint density at radius 3 is 2.50 bits per heavy atom. The Hall–Kier alpha value is -0.810. The van der Waals surface area contributed by atoms with Crippen LogP contribution in [-0.4, -0.2) is 24.8 Å². The van der Waals surface area contributed by atoms with Crippen LogP contribution in [0.3, 0.4) is 0 Å². The summed E-state index contributed by atoms with van der Waals surface area (Å²) in [5.74, 6) is 4.84. The van der Waals surface area contributed by atoms with Crippen LogP contribution in [0.5, 0.6) is 0 Å². The third kappa shape index (κ3) is 9.28. The molecule has 0 saturated heterocycles. The van der Waals surface area contributed by atoms with Gasteiger partial charge in [-0.3, -0.25) is 0 Å². The lowest BCUT2D eigenvalue weighted by Gasteiger charge is -2.19. The van der Waals surface area contributed by atoms with Gasteiger partial charge in [-0.2, -0.15) is 0 Å². The fraction of sp³-hybridized carbons (Fsp3) is 0.889. The van der Waals surface area contributed by atoms with Crippen LogP contribution in [0.4, 0.5) is 4.79 Å². The number of unbranched alkanes of at least 4 members (excludes halogenated alkanes) is 1. The Morgan fingerprint density at radius 2 is 2.00 bits per heavy atom. The van der Waals surface area contributed by atoms with E-state index in [0.717, 1.165) is 12.8 Å². The van der Waals surface area contributed by atoms with Crippen LogP contribution in [0.2, 0.25) is 0 Å². The molecule has 3 N–H and O–H groups in total. The minimum atomic E-state index is -0.440. The lowest BCUT2D eigenvalue weighted by atomic mass is 10.2. The predicted octanol–water partition coefficient (Wildman–Crippen LogP) is 1.18. The summed E-state index contributed by atoms with van der Waals surface area (Å²) in [5.41, 5.74) is -0.440. The summed E-state index contributed by atoms with van der Waals surface area (Å²) in [6.07, 6.45) is 1.27. The average Bonchev–Trinajstić information content (AvgIpc) is 2.00. The Kier molecular flexibility index (Phi) is 6.23. The van der Waals surface area contributed by atoms with Crippen molar-refractivity contribution in [2.45, 2.75) is 39.2 Å². The van der Waals surface area contributed by atoms with Crippen molar-refractivity contribution in [2.24, 2.45) is 5.90 Å². The molecule has 0 spiro atoms. The van der Waals surface area contributed by atoms with Gasteiger partial charge in [0.25, 0.3) is 0 Å². The van der Waals surface area contributed by atoms with E-state index < -0.39 is 5.60 Å². The molecule has 0 aliphatic heterocycles. The summed E-state index contributed by atoms with van der Waals surface area (Å²) in [7, 11) is 0. The Balaban J connectivity index is 3.36. The maximum atomic E-state index is 11.1. The molecule has 84 valence electrons. The molecule has 0 atom stereocenters. The second kappa shape index (κ2) is 6.62. The molecule has 5 heteroatoms. The fourth-order valence-corrected chi connectivity index (χ4v) is 0.815. The van der Waals surface area contributed by atoms with Crippen molar-refractivity contribution in [1.82, 2.24) is 5.32 Å². The summed E-state index contributed by atoms with van der Waals surface area (Å²) in [5, 5.41) is 2.64. The molecule has 0 saturated carbocycles. The molecule has 0 aromatic rings. The van der Waals surface area contributed by atoms with E-state index in [9.17, 15) is 4.79 Å². The van der Waals surface area contributed by atoms with Gasteiger partial charge in [0.2, 0.25) is 0 Å². The summed E-state index contributed by atoms with van der Waals surface area (Å²) in [6, 6.07) is 0. The molecule has 0 radical (unpaired) electrons. The summed E-state index contributed by atoms with van der Waals surface area (Å²) in [4.78, 5) is 15.5. The van der Waals surface area contributed by atoms with Crippen molar-refractivity contribution in [2.75, 3.05) is 13.2 Å². The van der Waals surface area contributed by atoms with E-state index in [1.165, 1.54) is 0 Å². The Morgan fingerprint density at radius 1 is 1.36 bits per heavy atom. The Labute approximate surface area is 84.9 Å². The summed E-state index contributed by atoms with van der Waals surface area (Å²) in [6.45, 7) is 6.58. The molecule has 0 aromatic carbocycles. The number of alkyl carbamates (subject to hydrolysis) is 1. The van der Waals surface area contributed by atoms with E-state index in [0.29, 0.717) is 13.2 Å². The van der Waals surface area contributed by atoms with Crippen LogP contribution in [-0.2, 0) is 9.57 Å². The highest BCUT2D eigenvalue weighted by Crippen LogP contribution is 2.06. The molecule has 0 rings (SSSR count). The highest BCUT2D eigenvalue weighted by Gasteiger charge is 2.15. The van der Waals surface area contributed by atoms with Crippen molar-refractivity contribution >= 4 is 6.09 Å². The first-order chi connectivity index (χ1) is 6.45. The first-order valence-corrected chi connectivity index (χ1v) is 4.74. The zero-order valence-electron chi connectivity index (χ0n) is 9.13. The van der Waals surface area contributed by atoms with E-state index in [2.05, 4.69) is 10.2 Å². The maximum Gasteiger partial charge on any atom is 0.407 e. The Bertz CT molecular complexity index is 166. The summed E-state index contributed by atoms with van der Waals surface area (Å²) < 4.78 is 5.04. The molecule has 0 aliphatic carbocycles. The molecule has 0 aromatic heterocycles. The van der Waals surface area contributed by atoms with Crippen molar-refractivity contribution in [3.8, 4) is 0 Å². The van der Waals surface area contributed by atoms with Gasteiger partial charge in [-0.1, -0.05) is 0 Å². The summed E-state index contributed by atoms with van der Waals surface area (Å²) >= 11 is 0. The minimum absolute atomic E-state index is 0.383. The molecule has 0 heterocycles. The first-order valence-electron chi connectivity index (χ1n) is 4.74. The van der Waals surface area contributed by atoms with Crippen LogP contribution in [0.15, 0.2) is 0 Å². The maximum absolute atomic E-state index is 11.1. The van der Waals surface area contributed by atoms with Gasteiger partial charge in [0.15, 0.2) is 0 Å². The van der Waals surface area contributed by atoms with Crippen LogP contribution < -0.4 is 11.2 Å². The monoisotopic (exact) mass is 204 g/mol. The molecule has 0 aliphatic rings. The van der Waals surface area contributed by atoms with Gasteiger partial charge in [0.05, 0.1) is 6.61 Å². The number of nitrogens with two attached hydrogens (primary N) is 1. The minimum Gasteiger partial charge on any atom is -0.444 e. The highest BCUT2D eigenvalue weighted by molar-refractivity contribution is 5.67. The number of carbonyl (C=O) groups excluding carboxylic acids is 1. The fourth-order valence-electron chi connectivity index (χ4n) is 0.815. The zero-order chi connectivity index (χ0) is 11.0. The van der Waals surface area contributed by atoms with Crippen molar-refractivity contribution in [1.29, 1.82) is 0 Å². The average molecular weight is 204 g/mol. The van der Waals surface area contributed by atoms with Gasteiger partial charge in [0.1, 0.15) is 5.60 Å². The van der Waals surface area contributed by atoms with E-state index in [1.807, 2.05) is 20.8 Å². The van der Waals surface area contributed by atoms with Crippen molar-refractivity contribution < 1.29 is 14.4 Å². The smallest absolute Gasteiger partial charge is 0.407 e. The lowest BCUT2D eigenvalue weighted by molar-refractivity contribution is 0.0524. The number of nitrogens with one attached hydrogen (secondary N) is 1. The van der Waals surface area contributed by atoms with Gasteiger partial charge in [0, 0.05) is 6.54 Å². The number of ether oxygens (including phenoxy) is 1. The molecule has 0 fully saturated rings. The van der Waals surface area contributed by atoms with Crippen LogP contribution >= 0.6 is 0 Å². The van der Waals surface area contributed by atoms with Crippen LogP contribution in [0.1, 0.15) is 33.6 Å². The molecule has 0 unspecified atom stereocenters. The van der Waals surface area contributed by atoms with Gasteiger partial charge in [-0.25, -0.2) is 10.7 Å². The van der Waals surface area contributed by atoms with E-state index >= 15 is 0 Å².